The lowest BCUT2D eigenvalue weighted by Gasteiger charge is -2.28. The number of nitrogens with two attached hydrogens (primary N) is 1. The number of amides is 2. The van der Waals surface area contributed by atoms with E-state index in [2.05, 4.69) is 21.2 Å². The molecule has 0 aromatic heterocycles. The third-order valence-corrected chi connectivity index (χ3v) is 5.68. The van der Waals surface area contributed by atoms with Crippen LogP contribution in [0.5, 0.6) is 0 Å². The highest BCUT2D eigenvalue weighted by Gasteiger charge is 2.26. The van der Waals surface area contributed by atoms with Crippen molar-refractivity contribution in [1.29, 1.82) is 0 Å². The van der Waals surface area contributed by atoms with E-state index in [-0.39, 0.29) is 11.8 Å². The van der Waals surface area contributed by atoms with Crippen LogP contribution < -0.4 is 11.1 Å². The standard InChI is InChI=1S/C26H28BrN3O2/c27-23-14-12-21(13-15-23)19-30(17-7-16-28)26(32)24(18-20-8-3-1-4-9-20)29-25(31)22-10-5-2-6-11-22/h1-6,8-15,24H,7,16-19,28H2,(H,29,31). The van der Waals surface area contributed by atoms with Gasteiger partial charge in [0, 0.05) is 29.5 Å². The highest BCUT2D eigenvalue weighted by molar-refractivity contribution is 9.10. The minimum atomic E-state index is -0.682. The first kappa shape index (κ1) is 23.7. The summed E-state index contributed by atoms with van der Waals surface area (Å²) in [5, 5.41) is 2.96. The van der Waals surface area contributed by atoms with Crippen LogP contribution in [-0.2, 0) is 17.8 Å². The minimum Gasteiger partial charge on any atom is -0.340 e. The van der Waals surface area contributed by atoms with Crippen molar-refractivity contribution in [1.82, 2.24) is 10.2 Å². The Morgan fingerprint density at radius 1 is 0.875 bits per heavy atom. The van der Waals surface area contributed by atoms with Crippen molar-refractivity contribution in [3.8, 4) is 0 Å². The first-order valence-electron chi connectivity index (χ1n) is 10.7. The summed E-state index contributed by atoms with van der Waals surface area (Å²) < 4.78 is 0.984. The van der Waals surface area contributed by atoms with Crippen molar-refractivity contribution in [3.05, 3.63) is 106 Å². The van der Waals surface area contributed by atoms with Gasteiger partial charge in [-0.25, -0.2) is 0 Å². The van der Waals surface area contributed by atoms with Crippen LogP contribution >= 0.6 is 15.9 Å². The van der Waals surface area contributed by atoms with Crippen molar-refractivity contribution in [2.45, 2.75) is 25.4 Å². The quantitative estimate of drug-likeness (QED) is 0.445. The Balaban J connectivity index is 1.83. The predicted molar refractivity (Wildman–Crippen MR) is 131 cm³/mol. The Morgan fingerprint density at radius 3 is 2.12 bits per heavy atom. The number of carbonyl (C=O) groups is 2. The molecule has 0 saturated heterocycles. The molecule has 3 N–H and O–H groups in total. The van der Waals surface area contributed by atoms with Crippen LogP contribution in [0.15, 0.2) is 89.4 Å². The van der Waals surface area contributed by atoms with E-state index in [1.807, 2.05) is 72.8 Å². The fraction of sp³-hybridized carbons (Fsp3) is 0.231. The normalized spacial score (nSPS) is 11.6. The molecule has 5 nitrogen and oxygen atoms in total. The first-order chi connectivity index (χ1) is 15.6. The summed E-state index contributed by atoms with van der Waals surface area (Å²) in [6.07, 6.45) is 1.10. The zero-order valence-corrected chi connectivity index (χ0v) is 19.5. The molecule has 0 spiro atoms. The van der Waals surface area contributed by atoms with Gasteiger partial charge in [0.25, 0.3) is 5.91 Å². The van der Waals surface area contributed by atoms with Gasteiger partial charge in [0.15, 0.2) is 0 Å². The first-order valence-corrected chi connectivity index (χ1v) is 11.5. The van der Waals surface area contributed by atoms with Crippen LogP contribution in [0.4, 0.5) is 0 Å². The second-order valence-corrected chi connectivity index (χ2v) is 8.53. The molecule has 2 amide bonds. The van der Waals surface area contributed by atoms with Gasteiger partial charge in [-0.2, -0.15) is 0 Å². The predicted octanol–water partition coefficient (Wildman–Crippen LogP) is 4.17. The largest absolute Gasteiger partial charge is 0.340 e. The third kappa shape index (κ3) is 7.04. The van der Waals surface area contributed by atoms with Gasteiger partial charge in [0.05, 0.1) is 0 Å². The maximum Gasteiger partial charge on any atom is 0.251 e. The van der Waals surface area contributed by atoms with E-state index < -0.39 is 6.04 Å². The lowest BCUT2D eigenvalue weighted by Crippen LogP contribution is -2.50. The fourth-order valence-electron chi connectivity index (χ4n) is 3.46. The summed E-state index contributed by atoms with van der Waals surface area (Å²) in [4.78, 5) is 28.3. The zero-order valence-electron chi connectivity index (χ0n) is 17.9. The molecule has 1 atom stereocenters. The van der Waals surface area contributed by atoms with Gasteiger partial charge in [-0.3, -0.25) is 9.59 Å². The zero-order chi connectivity index (χ0) is 22.8. The molecule has 0 fully saturated rings. The molecule has 0 heterocycles. The van der Waals surface area contributed by atoms with E-state index in [4.69, 9.17) is 5.73 Å². The molecule has 1 unspecified atom stereocenters. The fourth-order valence-corrected chi connectivity index (χ4v) is 3.73. The molecule has 0 aliphatic heterocycles. The monoisotopic (exact) mass is 493 g/mol. The minimum absolute atomic E-state index is 0.116. The molecular formula is C26H28BrN3O2. The molecule has 3 aromatic carbocycles. The van der Waals surface area contributed by atoms with E-state index in [0.29, 0.717) is 38.0 Å². The average molecular weight is 494 g/mol. The van der Waals surface area contributed by atoms with Crippen molar-refractivity contribution < 1.29 is 9.59 Å². The van der Waals surface area contributed by atoms with Crippen LogP contribution in [-0.4, -0.2) is 35.8 Å². The Kier molecular flexibility index (Phi) is 9.01. The average Bonchev–Trinajstić information content (AvgIpc) is 2.83. The SMILES string of the molecule is NCCCN(Cc1ccc(Br)cc1)C(=O)C(Cc1ccccc1)NC(=O)c1ccccc1. The molecule has 0 aliphatic carbocycles. The van der Waals surface area contributed by atoms with Gasteiger partial charge in [-0.1, -0.05) is 76.6 Å². The lowest BCUT2D eigenvalue weighted by atomic mass is 10.0. The van der Waals surface area contributed by atoms with E-state index in [1.54, 1.807) is 17.0 Å². The summed E-state index contributed by atoms with van der Waals surface area (Å²) in [5.74, 6) is -0.378. The number of benzene rings is 3. The maximum absolute atomic E-state index is 13.7. The summed E-state index contributed by atoms with van der Waals surface area (Å²) >= 11 is 3.45. The Bertz CT molecular complexity index is 995. The number of carbonyl (C=O) groups excluding carboxylic acids is 2. The van der Waals surface area contributed by atoms with E-state index >= 15 is 0 Å². The molecule has 0 radical (unpaired) electrons. The highest BCUT2D eigenvalue weighted by Crippen LogP contribution is 2.15. The van der Waals surface area contributed by atoms with Crippen molar-refractivity contribution >= 4 is 27.7 Å². The lowest BCUT2D eigenvalue weighted by molar-refractivity contribution is -0.134. The summed E-state index contributed by atoms with van der Waals surface area (Å²) in [6, 6.07) is 25.9. The van der Waals surface area contributed by atoms with Gasteiger partial charge >= 0.3 is 0 Å². The molecular weight excluding hydrogens is 466 g/mol. The number of halogens is 1. The van der Waals surface area contributed by atoms with Gasteiger partial charge in [-0.15, -0.1) is 0 Å². The topological polar surface area (TPSA) is 75.4 Å². The number of hydrogen-bond acceptors (Lipinski definition) is 3. The second kappa shape index (κ2) is 12.2. The molecule has 3 aromatic rings. The Labute approximate surface area is 197 Å². The molecule has 32 heavy (non-hydrogen) atoms. The van der Waals surface area contributed by atoms with Crippen LogP contribution in [0, 0.1) is 0 Å². The van der Waals surface area contributed by atoms with Crippen LogP contribution in [0.1, 0.15) is 27.9 Å². The number of rotatable bonds is 10. The number of nitrogens with zero attached hydrogens (tertiary/aromatic N) is 1. The molecule has 0 bridgehead atoms. The third-order valence-electron chi connectivity index (χ3n) is 5.15. The number of nitrogens with one attached hydrogen (secondary N) is 1. The van der Waals surface area contributed by atoms with Crippen molar-refractivity contribution in [2.24, 2.45) is 5.73 Å². The van der Waals surface area contributed by atoms with Gasteiger partial charge in [-0.05, 0) is 48.4 Å². The second-order valence-electron chi connectivity index (χ2n) is 7.61. The van der Waals surface area contributed by atoms with Crippen LogP contribution in [0.3, 0.4) is 0 Å². The van der Waals surface area contributed by atoms with Gasteiger partial charge in [0.2, 0.25) is 5.91 Å². The van der Waals surface area contributed by atoms with E-state index in [9.17, 15) is 9.59 Å². The molecule has 0 aliphatic rings. The summed E-state index contributed by atoms with van der Waals surface area (Å²) in [5.41, 5.74) is 8.27. The van der Waals surface area contributed by atoms with Crippen molar-refractivity contribution in [2.75, 3.05) is 13.1 Å². The maximum atomic E-state index is 13.7. The molecule has 166 valence electrons. The Hall–Kier alpha value is -2.96. The Morgan fingerprint density at radius 2 is 1.50 bits per heavy atom. The van der Waals surface area contributed by atoms with E-state index in [0.717, 1.165) is 15.6 Å². The smallest absolute Gasteiger partial charge is 0.251 e. The summed E-state index contributed by atoms with van der Waals surface area (Å²) in [6.45, 7) is 1.47. The highest BCUT2D eigenvalue weighted by atomic mass is 79.9. The number of hydrogen-bond donors (Lipinski definition) is 2. The van der Waals surface area contributed by atoms with Crippen LogP contribution in [0.2, 0.25) is 0 Å². The van der Waals surface area contributed by atoms with Crippen LogP contribution in [0.25, 0.3) is 0 Å². The molecule has 6 heteroatoms. The van der Waals surface area contributed by atoms with E-state index in [1.165, 1.54) is 0 Å². The van der Waals surface area contributed by atoms with Gasteiger partial charge < -0.3 is 16.0 Å². The van der Waals surface area contributed by atoms with Crippen molar-refractivity contribution in [3.63, 3.8) is 0 Å². The summed E-state index contributed by atoms with van der Waals surface area (Å²) in [7, 11) is 0. The molecule has 3 rings (SSSR count). The van der Waals surface area contributed by atoms with Gasteiger partial charge in [0.1, 0.15) is 6.04 Å². The molecule has 0 saturated carbocycles.